The number of rotatable bonds is 5. The lowest BCUT2D eigenvalue weighted by Gasteiger charge is -2.26. The summed E-state index contributed by atoms with van der Waals surface area (Å²) in [6, 6.07) is 2.31. The van der Waals surface area contributed by atoms with Crippen LogP contribution in [0, 0.1) is 6.92 Å². The molecule has 1 aromatic rings. The van der Waals surface area contributed by atoms with Crippen molar-refractivity contribution in [1.82, 2.24) is 10.1 Å². The van der Waals surface area contributed by atoms with Gasteiger partial charge in [0.05, 0.1) is 11.8 Å². The molecule has 0 spiro atoms. The van der Waals surface area contributed by atoms with E-state index in [1.807, 2.05) is 13.0 Å². The summed E-state index contributed by atoms with van der Waals surface area (Å²) in [5.74, 6) is 0.825. The molecule has 1 unspecified atom stereocenters. The molecule has 4 nitrogen and oxygen atoms in total. The second-order valence-electron chi connectivity index (χ2n) is 4.30. The molecule has 86 valence electrons. The van der Waals surface area contributed by atoms with Crippen LogP contribution in [0.25, 0.3) is 0 Å². The zero-order valence-corrected chi connectivity index (χ0v) is 9.90. The van der Waals surface area contributed by atoms with Gasteiger partial charge in [0.15, 0.2) is 0 Å². The molecule has 1 heterocycles. The standard InChI is InChI=1S/C11H20N2O2/c1-8(2)13(6-9(3)14)7-11-5-10(4)15-12-11/h5,8-9,14H,6-7H2,1-4H3. The zero-order valence-electron chi connectivity index (χ0n) is 9.90. The van der Waals surface area contributed by atoms with Crippen LogP contribution in [-0.2, 0) is 6.54 Å². The lowest BCUT2D eigenvalue weighted by Crippen LogP contribution is -2.36. The highest BCUT2D eigenvalue weighted by atomic mass is 16.5. The first-order chi connectivity index (χ1) is 6.99. The van der Waals surface area contributed by atoms with Crippen LogP contribution in [0.4, 0.5) is 0 Å². The zero-order chi connectivity index (χ0) is 11.4. The molecule has 0 aliphatic heterocycles. The molecule has 0 fully saturated rings. The molecule has 4 heteroatoms. The molecule has 0 amide bonds. The van der Waals surface area contributed by atoms with Crippen molar-refractivity contribution >= 4 is 0 Å². The van der Waals surface area contributed by atoms with E-state index in [0.717, 1.165) is 18.0 Å². The van der Waals surface area contributed by atoms with Gasteiger partial charge in [-0.2, -0.15) is 0 Å². The van der Waals surface area contributed by atoms with Crippen LogP contribution in [0.1, 0.15) is 32.2 Å². The first-order valence-electron chi connectivity index (χ1n) is 5.33. The fourth-order valence-corrected chi connectivity index (χ4v) is 1.50. The second-order valence-corrected chi connectivity index (χ2v) is 4.30. The van der Waals surface area contributed by atoms with E-state index in [1.165, 1.54) is 0 Å². The molecule has 0 aliphatic carbocycles. The highest BCUT2D eigenvalue weighted by Crippen LogP contribution is 2.09. The molecule has 0 aromatic carbocycles. The topological polar surface area (TPSA) is 49.5 Å². The number of aliphatic hydroxyl groups excluding tert-OH is 1. The highest BCUT2D eigenvalue weighted by molar-refractivity contribution is 5.03. The molecule has 15 heavy (non-hydrogen) atoms. The average Bonchev–Trinajstić information content (AvgIpc) is 2.49. The lowest BCUT2D eigenvalue weighted by atomic mass is 10.2. The van der Waals surface area contributed by atoms with Crippen LogP contribution in [0.3, 0.4) is 0 Å². The summed E-state index contributed by atoms with van der Waals surface area (Å²) in [5, 5.41) is 13.3. The summed E-state index contributed by atoms with van der Waals surface area (Å²) in [7, 11) is 0. The molecule has 0 saturated carbocycles. The third-order valence-electron chi connectivity index (χ3n) is 2.27. The summed E-state index contributed by atoms with van der Waals surface area (Å²) in [6.07, 6.45) is -0.319. The Bertz CT molecular complexity index is 295. The Morgan fingerprint density at radius 2 is 2.13 bits per heavy atom. The SMILES string of the molecule is Cc1cc(CN(CC(C)O)C(C)C)no1. The van der Waals surface area contributed by atoms with Gasteiger partial charge >= 0.3 is 0 Å². The molecule has 1 rings (SSSR count). The van der Waals surface area contributed by atoms with Crippen molar-refractivity contribution in [2.24, 2.45) is 0 Å². The van der Waals surface area contributed by atoms with Crippen molar-refractivity contribution in [3.05, 3.63) is 17.5 Å². The van der Waals surface area contributed by atoms with Crippen LogP contribution in [0.15, 0.2) is 10.6 Å². The van der Waals surface area contributed by atoms with Gasteiger partial charge in [-0.3, -0.25) is 4.90 Å². The molecule has 0 radical (unpaired) electrons. The van der Waals surface area contributed by atoms with E-state index in [-0.39, 0.29) is 6.10 Å². The van der Waals surface area contributed by atoms with Crippen LogP contribution < -0.4 is 0 Å². The average molecular weight is 212 g/mol. The van der Waals surface area contributed by atoms with E-state index >= 15 is 0 Å². The quantitative estimate of drug-likeness (QED) is 0.805. The summed E-state index contributed by atoms with van der Waals surface area (Å²) in [4.78, 5) is 2.17. The van der Waals surface area contributed by atoms with E-state index in [4.69, 9.17) is 4.52 Å². The van der Waals surface area contributed by atoms with Crippen LogP contribution >= 0.6 is 0 Å². The minimum Gasteiger partial charge on any atom is -0.392 e. The first kappa shape index (κ1) is 12.2. The van der Waals surface area contributed by atoms with Crippen molar-refractivity contribution in [2.45, 2.75) is 46.4 Å². The third-order valence-corrected chi connectivity index (χ3v) is 2.27. The monoisotopic (exact) mass is 212 g/mol. The predicted octanol–water partition coefficient (Wildman–Crippen LogP) is 1.57. The van der Waals surface area contributed by atoms with E-state index < -0.39 is 0 Å². The molecule has 1 atom stereocenters. The normalized spacial score (nSPS) is 13.8. The summed E-state index contributed by atoms with van der Waals surface area (Å²) >= 11 is 0. The van der Waals surface area contributed by atoms with Crippen LogP contribution in [0.2, 0.25) is 0 Å². The van der Waals surface area contributed by atoms with Gasteiger partial charge < -0.3 is 9.63 Å². The summed E-state index contributed by atoms with van der Waals surface area (Å²) in [6.45, 7) is 9.27. The minimum atomic E-state index is -0.319. The fourth-order valence-electron chi connectivity index (χ4n) is 1.50. The Hall–Kier alpha value is -0.870. The minimum absolute atomic E-state index is 0.319. The molecule has 1 aromatic heterocycles. The molecule has 0 bridgehead atoms. The van der Waals surface area contributed by atoms with Crippen molar-refractivity contribution in [1.29, 1.82) is 0 Å². The second kappa shape index (κ2) is 5.28. The first-order valence-corrected chi connectivity index (χ1v) is 5.33. The van der Waals surface area contributed by atoms with Crippen molar-refractivity contribution in [2.75, 3.05) is 6.54 Å². The Balaban J connectivity index is 2.58. The van der Waals surface area contributed by atoms with Gasteiger partial charge in [0.1, 0.15) is 5.76 Å². The molecular formula is C11H20N2O2. The Labute approximate surface area is 90.9 Å². The van der Waals surface area contributed by atoms with Gasteiger partial charge in [-0.25, -0.2) is 0 Å². The number of hydrogen-bond acceptors (Lipinski definition) is 4. The van der Waals surface area contributed by atoms with Crippen LogP contribution in [0.5, 0.6) is 0 Å². The van der Waals surface area contributed by atoms with Gasteiger partial charge in [0.25, 0.3) is 0 Å². The smallest absolute Gasteiger partial charge is 0.133 e. The van der Waals surface area contributed by atoms with Crippen LogP contribution in [-0.4, -0.2) is 33.9 Å². The predicted molar refractivity (Wildman–Crippen MR) is 58.5 cm³/mol. The summed E-state index contributed by atoms with van der Waals surface area (Å²) < 4.78 is 5.01. The van der Waals surface area contributed by atoms with Gasteiger partial charge in [-0.15, -0.1) is 0 Å². The van der Waals surface area contributed by atoms with Crippen molar-refractivity contribution < 1.29 is 9.63 Å². The van der Waals surface area contributed by atoms with E-state index in [0.29, 0.717) is 12.6 Å². The van der Waals surface area contributed by atoms with Gasteiger partial charge in [0, 0.05) is 25.2 Å². The van der Waals surface area contributed by atoms with Gasteiger partial charge in [0.2, 0.25) is 0 Å². The number of hydrogen-bond donors (Lipinski definition) is 1. The maximum absolute atomic E-state index is 9.37. The molecular weight excluding hydrogens is 192 g/mol. The van der Waals surface area contributed by atoms with Crippen molar-refractivity contribution in [3.8, 4) is 0 Å². The van der Waals surface area contributed by atoms with Gasteiger partial charge in [-0.05, 0) is 27.7 Å². The Morgan fingerprint density at radius 3 is 2.53 bits per heavy atom. The number of nitrogens with zero attached hydrogens (tertiary/aromatic N) is 2. The Morgan fingerprint density at radius 1 is 1.47 bits per heavy atom. The summed E-state index contributed by atoms with van der Waals surface area (Å²) in [5.41, 5.74) is 0.918. The van der Waals surface area contributed by atoms with Crippen molar-refractivity contribution in [3.63, 3.8) is 0 Å². The maximum atomic E-state index is 9.37. The molecule has 0 saturated heterocycles. The number of aromatic nitrogens is 1. The fraction of sp³-hybridized carbons (Fsp3) is 0.727. The van der Waals surface area contributed by atoms with E-state index in [1.54, 1.807) is 6.92 Å². The van der Waals surface area contributed by atoms with E-state index in [9.17, 15) is 5.11 Å². The Kier molecular flexibility index (Phi) is 4.29. The number of aliphatic hydroxyl groups is 1. The number of aryl methyl sites for hydroxylation is 1. The largest absolute Gasteiger partial charge is 0.392 e. The third kappa shape index (κ3) is 4.01. The highest BCUT2D eigenvalue weighted by Gasteiger charge is 2.14. The lowest BCUT2D eigenvalue weighted by molar-refractivity contribution is 0.101. The van der Waals surface area contributed by atoms with Gasteiger partial charge in [-0.1, -0.05) is 5.16 Å². The van der Waals surface area contributed by atoms with E-state index in [2.05, 4.69) is 23.9 Å². The molecule has 0 aliphatic rings. The maximum Gasteiger partial charge on any atom is 0.133 e. The molecule has 1 N–H and O–H groups in total.